The molecule has 0 N–H and O–H groups in total. The number of halogens is 1. The summed E-state index contributed by atoms with van der Waals surface area (Å²) in [5, 5.41) is 5.11. The summed E-state index contributed by atoms with van der Waals surface area (Å²) in [6, 6.07) is 7.87. The molecule has 0 atom stereocenters. The summed E-state index contributed by atoms with van der Waals surface area (Å²) in [4.78, 5) is 5.31. The van der Waals surface area contributed by atoms with Gasteiger partial charge in [0.2, 0.25) is 0 Å². The maximum atomic E-state index is 5.95. The van der Waals surface area contributed by atoms with Gasteiger partial charge in [-0.3, -0.25) is 0 Å². The molecule has 1 rings (SSSR count). The van der Waals surface area contributed by atoms with Crippen LogP contribution in [0.15, 0.2) is 29.4 Å². The van der Waals surface area contributed by atoms with Crippen molar-refractivity contribution < 1.29 is 4.84 Å². The lowest BCUT2D eigenvalue weighted by Gasteiger charge is -2.18. The van der Waals surface area contributed by atoms with Crippen LogP contribution < -0.4 is 0 Å². The first kappa shape index (κ1) is 16.0. The third kappa shape index (κ3) is 5.23. The molecule has 0 aliphatic rings. The van der Waals surface area contributed by atoms with Crippen LogP contribution in [0.2, 0.25) is 5.02 Å². The third-order valence-corrected chi connectivity index (χ3v) is 3.34. The van der Waals surface area contributed by atoms with E-state index in [9.17, 15) is 0 Å². The van der Waals surface area contributed by atoms with Gasteiger partial charge in [-0.15, -0.1) is 0 Å². The molecule has 0 aliphatic carbocycles. The van der Waals surface area contributed by atoms with E-state index in [4.69, 9.17) is 16.4 Å². The van der Waals surface area contributed by atoms with Gasteiger partial charge in [0.05, 0.1) is 5.71 Å². The normalized spacial score (nSPS) is 11.9. The van der Waals surface area contributed by atoms with Gasteiger partial charge < -0.3 is 4.84 Å². The third-order valence-electron chi connectivity index (χ3n) is 3.09. The van der Waals surface area contributed by atoms with Crippen LogP contribution in [0, 0.1) is 5.92 Å². The van der Waals surface area contributed by atoms with E-state index in [0.29, 0.717) is 12.5 Å². The zero-order valence-corrected chi connectivity index (χ0v) is 12.9. The SMILES string of the molecule is CCCC(CCC)/C(=N/OCC)c1ccc(Cl)cc1. The van der Waals surface area contributed by atoms with E-state index in [1.165, 1.54) is 0 Å². The largest absolute Gasteiger partial charge is 0.396 e. The molecule has 19 heavy (non-hydrogen) atoms. The number of rotatable bonds is 8. The van der Waals surface area contributed by atoms with Crippen molar-refractivity contribution in [2.75, 3.05) is 6.61 Å². The van der Waals surface area contributed by atoms with Gasteiger partial charge in [0.1, 0.15) is 6.61 Å². The number of hydrogen-bond acceptors (Lipinski definition) is 2. The van der Waals surface area contributed by atoms with Crippen LogP contribution in [0.25, 0.3) is 0 Å². The number of nitrogens with zero attached hydrogens (tertiary/aromatic N) is 1. The second-order valence-corrected chi connectivity index (χ2v) is 5.11. The molecule has 0 spiro atoms. The Morgan fingerprint density at radius 3 is 2.16 bits per heavy atom. The summed E-state index contributed by atoms with van der Waals surface area (Å²) >= 11 is 5.95. The Hall–Kier alpha value is -1.02. The van der Waals surface area contributed by atoms with Crippen molar-refractivity contribution in [3.05, 3.63) is 34.9 Å². The molecule has 1 aromatic rings. The quantitative estimate of drug-likeness (QED) is 0.468. The fourth-order valence-electron chi connectivity index (χ4n) is 2.23. The molecular formula is C16H24ClNO. The van der Waals surface area contributed by atoms with Gasteiger partial charge in [-0.2, -0.15) is 0 Å². The molecule has 0 bridgehead atoms. The standard InChI is InChI=1S/C16H24ClNO/c1-4-7-13(8-5-2)16(18-19-6-3)14-9-11-15(17)12-10-14/h9-13H,4-8H2,1-3H3/b18-16-. The topological polar surface area (TPSA) is 21.6 Å². The molecule has 1 aromatic carbocycles. The molecule has 3 heteroatoms. The van der Waals surface area contributed by atoms with E-state index in [2.05, 4.69) is 19.0 Å². The van der Waals surface area contributed by atoms with Gasteiger partial charge in [0, 0.05) is 10.9 Å². The number of hydrogen-bond donors (Lipinski definition) is 0. The van der Waals surface area contributed by atoms with Gasteiger partial charge in [0.15, 0.2) is 0 Å². The van der Waals surface area contributed by atoms with Gasteiger partial charge >= 0.3 is 0 Å². The Bertz CT molecular complexity index is 380. The molecule has 0 fully saturated rings. The first-order valence-electron chi connectivity index (χ1n) is 7.18. The lowest BCUT2D eigenvalue weighted by atomic mass is 9.89. The molecular weight excluding hydrogens is 258 g/mol. The highest BCUT2D eigenvalue weighted by atomic mass is 35.5. The smallest absolute Gasteiger partial charge is 0.114 e. The highest BCUT2D eigenvalue weighted by Crippen LogP contribution is 2.22. The van der Waals surface area contributed by atoms with Crippen LogP contribution in [-0.2, 0) is 4.84 Å². The summed E-state index contributed by atoms with van der Waals surface area (Å²) in [6.45, 7) is 6.98. The van der Waals surface area contributed by atoms with Crippen molar-refractivity contribution in [2.24, 2.45) is 11.1 Å². The second kappa shape index (κ2) is 8.98. The summed E-state index contributed by atoms with van der Waals surface area (Å²) in [5.74, 6) is 0.461. The van der Waals surface area contributed by atoms with Gasteiger partial charge in [-0.1, -0.05) is 55.6 Å². The highest BCUT2D eigenvalue weighted by molar-refractivity contribution is 6.30. The van der Waals surface area contributed by atoms with Crippen LogP contribution in [-0.4, -0.2) is 12.3 Å². The highest BCUT2D eigenvalue weighted by Gasteiger charge is 2.17. The van der Waals surface area contributed by atoms with E-state index in [1.807, 2.05) is 31.2 Å². The maximum Gasteiger partial charge on any atom is 0.114 e. The molecule has 0 saturated carbocycles. The first-order valence-corrected chi connectivity index (χ1v) is 7.56. The van der Waals surface area contributed by atoms with E-state index in [1.54, 1.807) is 0 Å². The van der Waals surface area contributed by atoms with Crippen molar-refractivity contribution >= 4 is 17.3 Å². The lowest BCUT2D eigenvalue weighted by molar-refractivity contribution is 0.157. The Balaban J connectivity index is 3.01. The monoisotopic (exact) mass is 281 g/mol. The van der Waals surface area contributed by atoms with Crippen LogP contribution in [0.4, 0.5) is 0 Å². The lowest BCUT2D eigenvalue weighted by Crippen LogP contribution is -2.16. The van der Waals surface area contributed by atoms with Crippen LogP contribution in [0.1, 0.15) is 52.0 Å². The van der Waals surface area contributed by atoms with E-state index in [0.717, 1.165) is 42.0 Å². The van der Waals surface area contributed by atoms with Gasteiger partial charge in [-0.25, -0.2) is 0 Å². The van der Waals surface area contributed by atoms with Crippen molar-refractivity contribution in [3.63, 3.8) is 0 Å². The first-order chi connectivity index (χ1) is 9.22. The second-order valence-electron chi connectivity index (χ2n) is 4.68. The molecule has 106 valence electrons. The Labute approximate surface area is 121 Å². The molecule has 0 amide bonds. The Morgan fingerprint density at radius 2 is 1.68 bits per heavy atom. The van der Waals surface area contributed by atoms with Crippen LogP contribution >= 0.6 is 11.6 Å². The van der Waals surface area contributed by atoms with Crippen molar-refractivity contribution in [2.45, 2.75) is 46.5 Å². The van der Waals surface area contributed by atoms with Gasteiger partial charge in [0.25, 0.3) is 0 Å². The minimum absolute atomic E-state index is 0.461. The minimum atomic E-state index is 0.461. The maximum absolute atomic E-state index is 5.95. The molecule has 2 nitrogen and oxygen atoms in total. The average Bonchev–Trinajstić information content (AvgIpc) is 2.41. The average molecular weight is 282 g/mol. The minimum Gasteiger partial charge on any atom is -0.396 e. The van der Waals surface area contributed by atoms with Crippen molar-refractivity contribution in [3.8, 4) is 0 Å². The van der Waals surface area contributed by atoms with Gasteiger partial charge in [-0.05, 0) is 37.5 Å². The van der Waals surface area contributed by atoms with E-state index >= 15 is 0 Å². The number of oxime groups is 1. The zero-order valence-electron chi connectivity index (χ0n) is 12.2. The fourth-order valence-corrected chi connectivity index (χ4v) is 2.36. The Kier molecular flexibility index (Phi) is 7.57. The van der Waals surface area contributed by atoms with Crippen molar-refractivity contribution in [1.29, 1.82) is 0 Å². The summed E-state index contributed by atoms with van der Waals surface area (Å²) in [7, 11) is 0. The fraction of sp³-hybridized carbons (Fsp3) is 0.562. The van der Waals surface area contributed by atoms with E-state index < -0.39 is 0 Å². The van der Waals surface area contributed by atoms with Crippen LogP contribution in [0.5, 0.6) is 0 Å². The molecule has 0 aromatic heterocycles. The predicted molar refractivity (Wildman–Crippen MR) is 82.9 cm³/mol. The molecule has 0 heterocycles. The molecule has 0 unspecified atom stereocenters. The summed E-state index contributed by atoms with van der Waals surface area (Å²) < 4.78 is 0. The zero-order chi connectivity index (χ0) is 14.1. The number of benzene rings is 1. The predicted octanol–water partition coefficient (Wildman–Crippen LogP) is 5.30. The van der Waals surface area contributed by atoms with Crippen molar-refractivity contribution in [1.82, 2.24) is 0 Å². The molecule has 0 aliphatic heterocycles. The summed E-state index contributed by atoms with van der Waals surface area (Å²) in [6.07, 6.45) is 4.59. The molecule has 0 saturated heterocycles. The Morgan fingerprint density at radius 1 is 1.11 bits per heavy atom. The summed E-state index contributed by atoms with van der Waals surface area (Å²) in [5.41, 5.74) is 2.17. The van der Waals surface area contributed by atoms with E-state index in [-0.39, 0.29) is 0 Å². The van der Waals surface area contributed by atoms with Crippen LogP contribution in [0.3, 0.4) is 0 Å². The molecule has 0 radical (unpaired) electrons.